The van der Waals surface area contributed by atoms with Gasteiger partial charge in [0, 0.05) is 13.0 Å². The molecule has 0 rings (SSSR count). The highest BCUT2D eigenvalue weighted by molar-refractivity contribution is 5.71. The number of carbonyl (C=O) groups excluding carboxylic acids is 2. The van der Waals surface area contributed by atoms with E-state index in [4.69, 9.17) is 14.2 Å². The van der Waals surface area contributed by atoms with E-state index in [1.165, 1.54) is 25.7 Å². The van der Waals surface area contributed by atoms with Crippen LogP contribution in [-0.4, -0.2) is 37.9 Å². The zero-order valence-corrected chi connectivity index (χ0v) is 37.3. The standard InChI is InChI=1S/C53H84O5/c1-4-7-10-13-16-19-22-25-27-29-31-34-37-40-43-46-52(54)57-50-51(49-56-48-45-42-39-36-33-30-26-23-20-17-14-11-8-5-2)58-53(55)47-44-41-38-35-32-28-24-21-18-15-12-9-6-3/h7-8,10-12,15-17,19-21,24-27,30-31,34,40,43,51H,4-6,9,13-14,18,22-23,28-29,32-33,35-39,41-42,44-50H2,1-3H3/b10-7-,11-8-,15-12-,19-16-,20-17-,24-21-,27-25-,30-26-,34-31-,43-40-. The molecule has 0 amide bonds. The van der Waals surface area contributed by atoms with Crippen molar-refractivity contribution in [2.24, 2.45) is 0 Å². The number of ether oxygens (including phenoxy) is 3. The van der Waals surface area contributed by atoms with Crippen LogP contribution >= 0.6 is 0 Å². The molecule has 0 bridgehead atoms. The zero-order chi connectivity index (χ0) is 42.1. The maximum Gasteiger partial charge on any atom is 0.309 e. The van der Waals surface area contributed by atoms with Crippen molar-refractivity contribution in [3.63, 3.8) is 0 Å². The van der Waals surface area contributed by atoms with Crippen LogP contribution in [-0.2, 0) is 23.8 Å². The van der Waals surface area contributed by atoms with Gasteiger partial charge >= 0.3 is 11.9 Å². The fraction of sp³-hybridized carbons (Fsp3) is 0.585. The van der Waals surface area contributed by atoms with E-state index < -0.39 is 6.10 Å². The zero-order valence-electron chi connectivity index (χ0n) is 37.3. The van der Waals surface area contributed by atoms with Gasteiger partial charge in [-0.15, -0.1) is 0 Å². The van der Waals surface area contributed by atoms with Crippen LogP contribution in [0.5, 0.6) is 0 Å². The number of carbonyl (C=O) groups is 2. The molecular weight excluding hydrogens is 717 g/mol. The minimum Gasteiger partial charge on any atom is -0.461 e. The molecule has 0 aromatic rings. The van der Waals surface area contributed by atoms with Crippen LogP contribution in [0.4, 0.5) is 0 Å². The van der Waals surface area contributed by atoms with Crippen molar-refractivity contribution in [2.75, 3.05) is 19.8 Å². The van der Waals surface area contributed by atoms with E-state index in [2.05, 4.69) is 130 Å². The third kappa shape index (κ3) is 45.0. The number of unbranched alkanes of at least 4 members (excludes halogenated alkanes) is 10. The second-order valence-electron chi connectivity index (χ2n) is 14.6. The number of rotatable bonds is 40. The molecule has 0 aromatic heterocycles. The van der Waals surface area contributed by atoms with Gasteiger partial charge in [-0.2, -0.15) is 0 Å². The fourth-order valence-electron chi connectivity index (χ4n) is 5.63. The molecule has 0 N–H and O–H groups in total. The first-order valence-electron chi connectivity index (χ1n) is 23.1. The monoisotopic (exact) mass is 801 g/mol. The molecule has 0 aromatic carbocycles. The molecule has 326 valence electrons. The van der Waals surface area contributed by atoms with E-state index in [-0.39, 0.29) is 31.6 Å². The highest BCUT2D eigenvalue weighted by atomic mass is 16.6. The third-order valence-electron chi connectivity index (χ3n) is 8.98. The summed E-state index contributed by atoms with van der Waals surface area (Å²) in [5.41, 5.74) is 0. The first-order valence-corrected chi connectivity index (χ1v) is 23.1. The number of esters is 2. The molecule has 0 spiro atoms. The molecule has 0 heterocycles. The number of hydrogen-bond donors (Lipinski definition) is 0. The average Bonchev–Trinajstić information content (AvgIpc) is 3.22. The molecule has 0 aliphatic carbocycles. The first kappa shape index (κ1) is 54.3. The quantitative estimate of drug-likeness (QED) is 0.0351. The van der Waals surface area contributed by atoms with Crippen LogP contribution in [0.15, 0.2) is 122 Å². The van der Waals surface area contributed by atoms with Crippen molar-refractivity contribution in [3.8, 4) is 0 Å². The molecule has 0 fully saturated rings. The topological polar surface area (TPSA) is 61.8 Å². The van der Waals surface area contributed by atoms with Crippen LogP contribution in [0, 0.1) is 0 Å². The Hall–Kier alpha value is -3.70. The smallest absolute Gasteiger partial charge is 0.309 e. The molecule has 5 heteroatoms. The molecule has 0 saturated heterocycles. The van der Waals surface area contributed by atoms with Crippen molar-refractivity contribution in [2.45, 2.75) is 181 Å². The van der Waals surface area contributed by atoms with Gasteiger partial charge in [-0.05, 0) is 103 Å². The summed E-state index contributed by atoms with van der Waals surface area (Å²) in [5, 5.41) is 0. The first-order chi connectivity index (χ1) is 28.6. The predicted octanol–water partition coefficient (Wildman–Crippen LogP) is 15.4. The summed E-state index contributed by atoms with van der Waals surface area (Å²) >= 11 is 0. The van der Waals surface area contributed by atoms with Crippen LogP contribution < -0.4 is 0 Å². The minimum absolute atomic E-state index is 0.00809. The Morgan fingerprint density at radius 2 is 0.828 bits per heavy atom. The van der Waals surface area contributed by atoms with E-state index in [0.29, 0.717) is 13.0 Å². The van der Waals surface area contributed by atoms with Crippen LogP contribution in [0.1, 0.15) is 175 Å². The van der Waals surface area contributed by atoms with Gasteiger partial charge in [-0.25, -0.2) is 0 Å². The average molecular weight is 801 g/mol. The highest BCUT2D eigenvalue weighted by Gasteiger charge is 2.17. The summed E-state index contributed by atoms with van der Waals surface area (Å²) in [7, 11) is 0. The van der Waals surface area contributed by atoms with Gasteiger partial charge in [0.25, 0.3) is 0 Å². The van der Waals surface area contributed by atoms with E-state index in [1.807, 2.05) is 12.2 Å². The van der Waals surface area contributed by atoms with E-state index in [9.17, 15) is 9.59 Å². The maximum absolute atomic E-state index is 12.7. The largest absolute Gasteiger partial charge is 0.461 e. The van der Waals surface area contributed by atoms with Gasteiger partial charge in [0.1, 0.15) is 6.61 Å². The van der Waals surface area contributed by atoms with Crippen molar-refractivity contribution >= 4 is 11.9 Å². The summed E-state index contributed by atoms with van der Waals surface area (Å²) in [6.45, 7) is 7.33. The van der Waals surface area contributed by atoms with Crippen molar-refractivity contribution < 1.29 is 23.8 Å². The van der Waals surface area contributed by atoms with Gasteiger partial charge in [-0.3, -0.25) is 9.59 Å². The predicted molar refractivity (Wildman–Crippen MR) is 251 cm³/mol. The minimum atomic E-state index is -0.602. The highest BCUT2D eigenvalue weighted by Crippen LogP contribution is 2.11. The number of hydrogen-bond acceptors (Lipinski definition) is 5. The molecule has 1 atom stereocenters. The van der Waals surface area contributed by atoms with Crippen LogP contribution in [0.25, 0.3) is 0 Å². The van der Waals surface area contributed by atoms with Crippen LogP contribution in [0.2, 0.25) is 0 Å². The van der Waals surface area contributed by atoms with Crippen molar-refractivity contribution in [3.05, 3.63) is 122 Å². The molecule has 0 saturated carbocycles. The molecule has 58 heavy (non-hydrogen) atoms. The van der Waals surface area contributed by atoms with Gasteiger partial charge in [-0.1, -0.05) is 181 Å². The molecule has 5 nitrogen and oxygen atoms in total. The second kappa shape index (κ2) is 47.7. The van der Waals surface area contributed by atoms with Crippen LogP contribution in [0.3, 0.4) is 0 Å². The Morgan fingerprint density at radius 1 is 0.414 bits per heavy atom. The lowest BCUT2D eigenvalue weighted by molar-refractivity contribution is -0.162. The van der Waals surface area contributed by atoms with Gasteiger partial charge in [0.15, 0.2) is 6.10 Å². The van der Waals surface area contributed by atoms with Crippen molar-refractivity contribution in [1.82, 2.24) is 0 Å². The Balaban J connectivity index is 4.49. The maximum atomic E-state index is 12.7. The van der Waals surface area contributed by atoms with E-state index >= 15 is 0 Å². The summed E-state index contributed by atoms with van der Waals surface area (Å²) in [4.78, 5) is 25.2. The Labute approximate surface area is 356 Å². The van der Waals surface area contributed by atoms with Gasteiger partial charge < -0.3 is 14.2 Å². The summed E-state index contributed by atoms with van der Waals surface area (Å²) in [6, 6.07) is 0. The molecule has 0 aliphatic heterocycles. The Bertz CT molecular complexity index is 1220. The Morgan fingerprint density at radius 3 is 1.33 bits per heavy atom. The second-order valence-corrected chi connectivity index (χ2v) is 14.6. The van der Waals surface area contributed by atoms with Gasteiger partial charge in [0.2, 0.25) is 0 Å². The van der Waals surface area contributed by atoms with E-state index in [0.717, 1.165) is 116 Å². The summed E-state index contributed by atoms with van der Waals surface area (Å²) in [6.07, 6.45) is 66.5. The van der Waals surface area contributed by atoms with E-state index in [1.54, 1.807) is 0 Å². The third-order valence-corrected chi connectivity index (χ3v) is 8.98. The normalized spacial score (nSPS) is 13.4. The lowest BCUT2D eigenvalue weighted by Gasteiger charge is -2.18. The Kier molecular flexibility index (Phi) is 44.6. The molecular formula is C53H84O5. The molecule has 0 aliphatic rings. The van der Waals surface area contributed by atoms with Crippen molar-refractivity contribution in [1.29, 1.82) is 0 Å². The summed E-state index contributed by atoms with van der Waals surface area (Å²) < 4.78 is 17.2. The molecule has 1 unspecified atom stereocenters. The number of allylic oxidation sites excluding steroid dienone is 19. The fourth-order valence-corrected chi connectivity index (χ4v) is 5.63. The SMILES string of the molecule is CC/C=C\C/C=C\C/C=C\C/C=C\C/C=C\CC(=O)OCC(COCCCCCC/C=C\C/C=C\C/C=C\CC)OC(=O)CCCCCCC/C=C\C/C=C\CCC. The lowest BCUT2D eigenvalue weighted by atomic mass is 10.1. The van der Waals surface area contributed by atoms with Gasteiger partial charge in [0.05, 0.1) is 13.0 Å². The lowest BCUT2D eigenvalue weighted by Crippen LogP contribution is -2.30. The summed E-state index contributed by atoms with van der Waals surface area (Å²) in [5.74, 6) is -0.585. The molecule has 0 radical (unpaired) electrons.